The van der Waals surface area contributed by atoms with E-state index in [0.717, 1.165) is 69.7 Å². The minimum atomic E-state index is -0.569. The molecule has 0 aliphatic carbocycles. The number of ether oxygens (including phenoxy) is 6. The van der Waals surface area contributed by atoms with E-state index in [-0.39, 0.29) is 29.9 Å². The molecule has 0 heterocycles. The van der Waals surface area contributed by atoms with Gasteiger partial charge in [-0.1, -0.05) is 163 Å². The van der Waals surface area contributed by atoms with Gasteiger partial charge in [-0.3, -0.25) is 0 Å². The second-order valence-corrected chi connectivity index (χ2v) is 19.3. The number of aliphatic hydroxyl groups is 2. The highest BCUT2D eigenvalue weighted by Crippen LogP contribution is 2.39. The summed E-state index contributed by atoms with van der Waals surface area (Å²) in [6.45, 7) is 23.2. The fourth-order valence-electron chi connectivity index (χ4n) is 8.17. The Kier molecular flexibility index (Phi) is 25.6. The number of carbonyl (C=O) groups excluding carboxylic acids is 4. The van der Waals surface area contributed by atoms with Gasteiger partial charge in [0.25, 0.3) is 0 Å². The summed E-state index contributed by atoms with van der Waals surface area (Å²) < 4.78 is 32.9. The van der Waals surface area contributed by atoms with Crippen molar-refractivity contribution in [3.63, 3.8) is 0 Å². The van der Waals surface area contributed by atoms with Gasteiger partial charge in [0.2, 0.25) is 0 Å². The van der Waals surface area contributed by atoms with E-state index in [0.29, 0.717) is 47.0 Å². The van der Waals surface area contributed by atoms with Gasteiger partial charge in [0.1, 0.15) is 48.0 Å². The lowest BCUT2D eigenvalue weighted by molar-refractivity contribution is -0.134. The molecule has 422 valence electrons. The molecule has 0 spiro atoms. The fraction of sp³-hybridized carbons (Fsp3) is 0.246. The average Bonchev–Trinajstić information content (AvgIpc) is 3.58. The summed E-state index contributed by atoms with van der Waals surface area (Å²) >= 11 is 0. The highest BCUT2D eigenvalue weighted by atomic mass is 16.6. The Morgan fingerprint density at radius 2 is 0.827 bits per heavy atom. The smallest absolute Gasteiger partial charge is 0.338 e. The molecule has 6 aromatic rings. The largest absolute Gasteiger partial charge is 0.461 e. The standard InChI is InChI=1S/C35H38O6.C34H36O6/c1-6-7-8-9-26-10-12-27(13-11-26)29-16-17-31(33(22-29)39-20-21-40-34(37)24(2)3)30-15-14-28(18-19-36)32(23-30)41-35(38)25(4)5;1-5-7-8-9-25-10-12-26(13-11-25)28-16-17-30(32(22-28)40-33(36)6-2)29-15-14-27(18-19-35)31(23-29)38-20-21-39-34(37)24(3)4/h10-17,20-23,36H,2,4,6-9,18-19H2,1,3,5H3;6,10-17,20-23,35H,2-3,5,7-9,18-19H2,1,4H3/b2*21-20+. The molecular formula is C69H74O12. The molecule has 0 bridgehead atoms. The molecule has 0 radical (unpaired) electrons. The monoisotopic (exact) mass is 1090 g/mol. The molecule has 0 unspecified atom stereocenters. The second-order valence-electron chi connectivity index (χ2n) is 19.3. The summed E-state index contributed by atoms with van der Waals surface area (Å²) in [7, 11) is 0. The molecular weight excluding hydrogens is 1020 g/mol. The van der Waals surface area contributed by atoms with E-state index in [9.17, 15) is 29.4 Å². The lowest BCUT2D eigenvalue weighted by atomic mass is 9.96. The summed E-state index contributed by atoms with van der Waals surface area (Å²) in [4.78, 5) is 47.9. The zero-order valence-corrected chi connectivity index (χ0v) is 47.2. The van der Waals surface area contributed by atoms with Gasteiger partial charge in [-0.2, -0.15) is 0 Å². The third kappa shape index (κ3) is 19.8. The van der Waals surface area contributed by atoms with Gasteiger partial charge in [0, 0.05) is 47.1 Å². The maximum absolute atomic E-state index is 12.3. The van der Waals surface area contributed by atoms with Crippen molar-refractivity contribution < 1.29 is 57.8 Å². The highest BCUT2D eigenvalue weighted by molar-refractivity contribution is 5.90. The molecule has 6 rings (SSSR count). The number of unbranched alkanes of at least 4 members (excludes halogenated alkanes) is 4. The van der Waals surface area contributed by atoms with Crippen molar-refractivity contribution >= 4 is 23.9 Å². The Morgan fingerprint density at radius 3 is 1.27 bits per heavy atom. The van der Waals surface area contributed by atoms with Crippen LogP contribution in [0.5, 0.6) is 23.0 Å². The number of benzene rings is 6. The Balaban J connectivity index is 0.000000297. The number of rotatable bonds is 28. The number of hydrogen-bond acceptors (Lipinski definition) is 12. The van der Waals surface area contributed by atoms with Crippen molar-refractivity contribution in [2.75, 3.05) is 13.2 Å². The molecule has 2 N–H and O–H groups in total. The Labute approximate surface area is 477 Å². The first-order valence-corrected chi connectivity index (χ1v) is 27.1. The number of hydrogen-bond donors (Lipinski definition) is 2. The van der Waals surface area contributed by atoms with E-state index in [4.69, 9.17) is 28.4 Å². The molecule has 0 fully saturated rings. The second kappa shape index (κ2) is 32.9. The summed E-state index contributed by atoms with van der Waals surface area (Å²) in [5.41, 5.74) is 11.6. The van der Waals surface area contributed by atoms with Gasteiger partial charge < -0.3 is 38.6 Å². The van der Waals surface area contributed by atoms with Crippen molar-refractivity contribution in [1.82, 2.24) is 0 Å². The van der Waals surface area contributed by atoms with Crippen LogP contribution in [0.4, 0.5) is 0 Å². The number of carbonyl (C=O) groups is 4. The topological polar surface area (TPSA) is 164 Å². The van der Waals surface area contributed by atoms with Crippen LogP contribution in [-0.2, 0) is 54.3 Å². The quantitative estimate of drug-likeness (QED) is 0.0157. The van der Waals surface area contributed by atoms with E-state index in [2.05, 4.69) is 88.7 Å². The minimum Gasteiger partial charge on any atom is -0.461 e. The zero-order valence-electron chi connectivity index (χ0n) is 47.2. The van der Waals surface area contributed by atoms with Gasteiger partial charge in [0.05, 0.1) is 0 Å². The number of aryl methyl sites for hydroxylation is 2. The lowest BCUT2D eigenvalue weighted by Crippen LogP contribution is -2.10. The maximum atomic E-state index is 12.3. The molecule has 0 saturated heterocycles. The van der Waals surface area contributed by atoms with E-state index < -0.39 is 23.9 Å². The third-order valence-electron chi connectivity index (χ3n) is 12.7. The summed E-state index contributed by atoms with van der Waals surface area (Å²) in [5.74, 6) is -0.563. The van der Waals surface area contributed by atoms with Crippen LogP contribution in [0.25, 0.3) is 44.5 Å². The van der Waals surface area contributed by atoms with Crippen LogP contribution in [0.1, 0.15) is 95.4 Å². The van der Waals surface area contributed by atoms with Gasteiger partial charge >= 0.3 is 23.9 Å². The van der Waals surface area contributed by atoms with Crippen molar-refractivity contribution in [3.05, 3.63) is 218 Å². The first-order valence-electron chi connectivity index (χ1n) is 27.1. The van der Waals surface area contributed by atoms with E-state index in [1.807, 2.05) is 60.7 Å². The number of esters is 4. The normalized spacial score (nSPS) is 10.8. The molecule has 0 atom stereocenters. The Hall–Kier alpha value is -8.84. The van der Waals surface area contributed by atoms with Gasteiger partial charge in [0.15, 0.2) is 0 Å². The van der Waals surface area contributed by atoms with E-state index >= 15 is 0 Å². The van der Waals surface area contributed by atoms with Crippen LogP contribution in [0.3, 0.4) is 0 Å². The van der Waals surface area contributed by atoms with E-state index in [1.54, 1.807) is 32.9 Å². The highest BCUT2D eigenvalue weighted by Gasteiger charge is 2.17. The van der Waals surface area contributed by atoms with Crippen molar-refractivity contribution in [1.29, 1.82) is 0 Å². The molecule has 0 saturated carbocycles. The molecule has 0 aromatic heterocycles. The molecule has 12 nitrogen and oxygen atoms in total. The predicted octanol–water partition coefficient (Wildman–Crippen LogP) is 15.1. The van der Waals surface area contributed by atoms with Crippen LogP contribution in [0.2, 0.25) is 0 Å². The van der Waals surface area contributed by atoms with Gasteiger partial charge in [-0.25, -0.2) is 19.2 Å². The lowest BCUT2D eigenvalue weighted by Gasteiger charge is -2.15. The van der Waals surface area contributed by atoms with Crippen LogP contribution in [0.15, 0.2) is 195 Å². The zero-order chi connectivity index (χ0) is 58.7. The summed E-state index contributed by atoms with van der Waals surface area (Å²) in [6, 6.07) is 39.4. The van der Waals surface area contributed by atoms with Crippen molar-refractivity contribution in [3.8, 4) is 67.5 Å². The van der Waals surface area contributed by atoms with Crippen LogP contribution < -0.4 is 18.9 Å². The van der Waals surface area contributed by atoms with Crippen LogP contribution in [-0.4, -0.2) is 47.3 Å². The first kappa shape index (κ1) is 63.0. The molecule has 0 amide bonds. The minimum absolute atomic E-state index is 0.0711. The van der Waals surface area contributed by atoms with Gasteiger partial charge in [-0.15, -0.1) is 0 Å². The van der Waals surface area contributed by atoms with Crippen molar-refractivity contribution in [2.45, 2.75) is 98.8 Å². The third-order valence-corrected chi connectivity index (χ3v) is 12.7. The van der Waals surface area contributed by atoms with Crippen molar-refractivity contribution in [2.24, 2.45) is 0 Å². The molecule has 0 aliphatic heterocycles. The van der Waals surface area contributed by atoms with Crippen LogP contribution >= 0.6 is 0 Å². The Morgan fingerprint density at radius 1 is 0.432 bits per heavy atom. The predicted molar refractivity (Wildman–Crippen MR) is 320 cm³/mol. The Bertz CT molecular complexity index is 3210. The molecule has 0 aliphatic rings. The number of aliphatic hydroxyl groups excluding tert-OH is 2. The van der Waals surface area contributed by atoms with Crippen LogP contribution in [0, 0.1) is 0 Å². The molecule has 6 aromatic carbocycles. The molecule has 12 heteroatoms. The fourth-order valence-corrected chi connectivity index (χ4v) is 8.17. The average molecular weight is 1100 g/mol. The first-order chi connectivity index (χ1) is 39.1. The van der Waals surface area contributed by atoms with E-state index in [1.165, 1.54) is 68.4 Å². The maximum Gasteiger partial charge on any atom is 0.338 e. The molecule has 81 heavy (non-hydrogen) atoms. The van der Waals surface area contributed by atoms with Gasteiger partial charge in [-0.05, 0) is 139 Å². The SMILES string of the molecule is C=C(C)C(=O)O/C=C/Oc1cc(-c2ccc(CCCCC)cc2)ccc1-c1ccc(CCO)c(OC(=O)C(=C)C)c1.C=CC(=O)Oc1cc(-c2ccc(CCCCC)cc2)ccc1-c1ccc(CCO)c(O/C=C/OC(=O)C(=C)C)c1. The summed E-state index contributed by atoms with van der Waals surface area (Å²) in [6.07, 6.45) is 15.9. The summed E-state index contributed by atoms with van der Waals surface area (Å²) in [5, 5.41) is 19.0.